The smallest absolute Gasteiger partial charge is 0.243 e. The SMILES string of the molecule is C=C[C@@H]1CN(S(=O)(=O)c2ccc(C)cc2)CCc2ccc(OC)cc21. The van der Waals surface area contributed by atoms with E-state index in [9.17, 15) is 8.42 Å². The number of nitrogens with zero attached hydrogens (tertiary/aromatic N) is 1. The minimum Gasteiger partial charge on any atom is -0.497 e. The topological polar surface area (TPSA) is 46.6 Å². The summed E-state index contributed by atoms with van der Waals surface area (Å²) in [4.78, 5) is 0.337. The molecule has 0 radical (unpaired) electrons. The van der Waals surface area contributed by atoms with Crippen LogP contribution in [0.2, 0.25) is 0 Å². The van der Waals surface area contributed by atoms with E-state index in [1.807, 2.05) is 43.3 Å². The van der Waals surface area contributed by atoms with Crippen molar-refractivity contribution in [1.82, 2.24) is 4.31 Å². The maximum absolute atomic E-state index is 13.1. The summed E-state index contributed by atoms with van der Waals surface area (Å²) in [7, 11) is -1.89. The number of benzene rings is 2. The molecule has 1 aliphatic rings. The van der Waals surface area contributed by atoms with Crippen LogP contribution in [0.3, 0.4) is 0 Å². The number of hydrogen-bond donors (Lipinski definition) is 0. The summed E-state index contributed by atoms with van der Waals surface area (Å²) in [6, 6.07) is 12.9. The van der Waals surface area contributed by atoms with Crippen LogP contribution >= 0.6 is 0 Å². The van der Waals surface area contributed by atoms with Gasteiger partial charge in [-0.25, -0.2) is 8.42 Å². The fraction of sp³-hybridized carbons (Fsp3) is 0.300. The van der Waals surface area contributed by atoms with E-state index in [4.69, 9.17) is 4.74 Å². The molecule has 0 aromatic heterocycles. The molecule has 2 aromatic carbocycles. The Bertz CT molecular complexity index is 872. The van der Waals surface area contributed by atoms with E-state index in [0.717, 1.165) is 22.4 Å². The summed E-state index contributed by atoms with van der Waals surface area (Å²) < 4.78 is 33.0. The second-order valence-corrected chi connectivity index (χ2v) is 8.27. The third-order valence-electron chi connectivity index (χ3n) is 4.73. The molecular weight excluding hydrogens is 334 g/mol. The van der Waals surface area contributed by atoms with Gasteiger partial charge in [0.15, 0.2) is 0 Å². The van der Waals surface area contributed by atoms with Gasteiger partial charge in [-0.15, -0.1) is 6.58 Å². The van der Waals surface area contributed by atoms with Gasteiger partial charge in [0.1, 0.15) is 5.75 Å². The zero-order chi connectivity index (χ0) is 18.0. The van der Waals surface area contributed by atoms with Crippen LogP contribution in [0.4, 0.5) is 0 Å². The van der Waals surface area contributed by atoms with Crippen molar-refractivity contribution in [3.05, 3.63) is 71.8 Å². The highest BCUT2D eigenvalue weighted by atomic mass is 32.2. The van der Waals surface area contributed by atoms with Crippen molar-refractivity contribution in [2.24, 2.45) is 0 Å². The fourth-order valence-electron chi connectivity index (χ4n) is 3.21. The molecule has 4 nitrogen and oxygen atoms in total. The minimum atomic E-state index is -3.52. The van der Waals surface area contributed by atoms with Crippen molar-refractivity contribution < 1.29 is 13.2 Å². The molecule has 0 N–H and O–H groups in total. The highest BCUT2D eigenvalue weighted by Gasteiger charge is 2.30. The van der Waals surface area contributed by atoms with Crippen molar-refractivity contribution >= 4 is 10.0 Å². The molecule has 0 fully saturated rings. The summed E-state index contributed by atoms with van der Waals surface area (Å²) in [5, 5.41) is 0. The van der Waals surface area contributed by atoms with Crippen LogP contribution in [0.15, 0.2) is 60.0 Å². The van der Waals surface area contributed by atoms with E-state index in [1.54, 1.807) is 23.5 Å². The van der Waals surface area contributed by atoms with Gasteiger partial charge in [-0.3, -0.25) is 0 Å². The normalized spacial score (nSPS) is 18.2. The second-order valence-electron chi connectivity index (χ2n) is 6.33. The van der Waals surface area contributed by atoms with Gasteiger partial charge in [0.05, 0.1) is 12.0 Å². The molecule has 1 aliphatic heterocycles. The zero-order valence-corrected chi connectivity index (χ0v) is 15.4. The van der Waals surface area contributed by atoms with Crippen molar-refractivity contribution in [1.29, 1.82) is 0 Å². The summed E-state index contributed by atoms with van der Waals surface area (Å²) in [5.74, 6) is 0.716. The molecule has 0 aliphatic carbocycles. The maximum Gasteiger partial charge on any atom is 0.243 e. The lowest BCUT2D eigenvalue weighted by Crippen LogP contribution is -2.34. The molecule has 25 heavy (non-hydrogen) atoms. The quantitative estimate of drug-likeness (QED) is 0.787. The van der Waals surface area contributed by atoms with Crippen LogP contribution in [0.25, 0.3) is 0 Å². The lowest BCUT2D eigenvalue weighted by atomic mass is 9.94. The van der Waals surface area contributed by atoms with Crippen molar-refractivity contribution in [2.45, 2.75) is 24.2 Å². The molecule has 3 rings (SSSR count). The van der Waals surface area contributed by atoms with Gasteiger partial charge >= 0.3 is 0 Å². The van der Waals surface area contributed by atoms with E-state index in [2.05, 4.69) is 6.58 Å². The zero-order valence-electron chi connectivity index (χ0n) is 14.6. The van der Waals surface area contributed by atoms with Crippen molar-refractivity contribution in [2.75, 3.05) is 20.2 Å². The van der Waals surface area contributed by atoms with Crippen LogP contribution in [-0.4, -0.2) is 32.9 Å². The average molecular weight is 357 g/mol. The number of ether oxygens (including phenoxy) is 1. The third-order valence-corrected chi connectivity index (χ3v) is 6.61. The van der Waals surface area contributed by atoms with Crippen LogP contribution in [0.1, 0.15) is 22.6 Å². The molecule has 0 bridgehead atoms. The van der Waals surface area contributed by atoms with Crippen LogP contribution in [-0.2, 0) is 16.4 Å². The minimum absolute atomic E-state index is 0.0622. The molecule has 5 heteroatoms. The van der Waals surface area contributed by atoms with Crippen molar-refractivity contribution in [3.63, 3.8) is 0 Å². The lowest BCUT2D eigenvalue weighted by molar-refractivity contribution is 0.411. The molecule has 0 unspecified atom stereocenters. The number of sulfonamides is 1. The summed E-state index contributed by atoms with van der Waals surface area (Å²) in [5.41, 5.74) is 3.28. The van der Waals surface area contributed by atoms with Gasteiger partial charge < -0.3 is 4.74 Å². The van der Waals surface area contributed by atoms with Crippen LogP contribution in [0.5, 0.6) is 5.75 Å². The Labute approximate surface area is 149 Å². The summed E-state index contributed by atoms with van der Waals surface area (Å²) in [6.07, 6.45) is 2.50. The highest BCUT2D eigenvalue weighted by Crippen LogP contribution is 2.32. The first-order chi connectivity index (χ1) is 12.0. The van der Waals surface area contributed by atoms with Gasteiger partial charge in [0.2, 0.25) is 10.0 Å². The number of hydrogen-bond acceptors (Lipinski definition) is 3. The average Bonchev–Trinajstić information content (AvgIpc) is 2.81. The maximum atomic E-state index is 13.1. The Morgan fingerprint density at radius 1 is 1.20 bits per heavy atom. The highest BCUT2D eigenvalue weighted by molar-refractivity contribution is 7.89. The van der Waals surface area contributed by atoms with E-state index >= 15 is 0 Å². The number of rotatable bonds is 4. The number of fused-ring (bicyclic) bond motifs is 1. The van der Waals surface area contributed by atoms with Gasteiger partial charge in [-0.1, -0.05) is 29.8 Å². The standard InChI is InChI=1S/C20H23NO3S/c1-4-16-14-21(25(22,23)19-9-5-15(2)6-10-19)12-11-17-7-8-18(24-3)13-20(16)17/h4-10,13,16H,1,11-12,14H2,2-3H3/t16-/m1/s1. The molecule has 0 amide bonds. The third kappa shape index (κ3) is 3.48. The predicted octanol–water partition coefficient (Wildman–Crippen LogP) is 3.52. The van der Waals surface area contributed by atoms with Gasteiger partial charge in [-0.05, 0) is 48.7 Å². The number of aryl methyl sites for hydroxylation is 1. The monoisotopic (exact) mass is 357 g/mol. The summed E-state index contributed by atoms with van der Waals surface area (Å²) >= 11 is 0. The summed E-state index contributed by atoms with van der Waals surface area (Å²) in [6.45, 7) is 6.71. The molecule has 132 valence electrons. The Hall–Kier alpha value is -2.11. The Kier molecular flexibility index (Phi) is 4.97. The Morgan fingerprint density at radius 3 is 2.56 bits per heavy atom. The first-order valence-corrected chi connectivity index (χ1v) is 9.76. The van der Waals surface area contributed by atoms with E-state index in [1.165, 1.54) is 0 Å². The molecule has 1 atom stereocenters. The molecule has 0 saturated carbocycles. The molecule has 2 aromatic rings. The van der Waals surface area contributed by atoms with Crippen LogP contribution in [0, 0.1) is 6.92 Å². The van der Waals surface area contributed by atoms with Gasteiger partial charge in [0.25, 0.3) is 0 Å². The Morgan fingerprint density at radius 2 is 1.92 bits per heavy atom. The molecule has 1 heterocycles. The van der Waals surface area contributed by atoms with Gasteiger partial charge in [0, 0.05) is 19.0 Å². The Balaban J connectivity index is 1.96. The first-order valence-electron chi connectivity index (χ1n) is 8.32. The molecular formula is C20H23NO3S. The lowest BCUT2D eigenvalue weighted by Gasteiger charge is -2.23. The fourth-order valence-corrected chi connectivity index (χ4v) is 4.67. The second kappa shape index (κ2) is 7.02. The van der Waals surface area contributed by atoms with E-state index in [0.29, 0.717) is 24.4 Å². The van der Waals surface area contributed by atoms with E-state index < -0.39 is 10.0 Å². The largest absolute Gasteiger partial charge is 0.497 e. The molecule has 0 saturated heterocycles. The van der Waals surface area contributed by atoms with Crippen molar-refractivity contribution in [3.8, 4) is 5.75 Å². The molecule has 0 spiro atoms. The van der Waals surface area contributed by atoms with Gasteiger partial charge in [-0.2, -0.15) is 4.31 Å². The van der Waals surface area contributed by atoms with Crippen LogP contribution < -0.4 is 4.74 Å². The van der Waals surface area contributed by atoms with E-state index in [-0.39, 0.29) is 5.92 Å². The number of methoxy groups -OCH3 is 1. The predicted molar refractivity (Wildman–Crippen MR) is 99.6 cm³/mol. The first kappa shape index (κ1) is 17.7.